The zero-order valence-corrected chi connectivity index (χ0v) is 11.1. The Morgan fingerprint density at radius 1 is 1.53 bits per heavy atom. The highest BCUT2D eigenvalue weighted by molar-refractivity contribution is 5.79. The molecule has 1 N–H and O–H groups in total. The van der Waals surface area contributed by atoms with Gasteiger partial charge >= 0.3 is 0 Å². The minimum atomic E-state index is 0.0195. The van der Waals surface area contributed by atoms with Crippen LogP contribution in [0.1, 0.15) is 37.3 Å². The summed E-state index contributed by atoms with van der Waals surface area (Å²) in [5.74, 6) is 0.0195. The molecule has 1 amide bonds. The third-order valence-electron chi connectivity index (χ3n) is 3.34. The van der Waals surface area contributed by atoms with E-state index in [0.717, 1.165) is 24.8 Å². The van der Waals surface area contributed by atoms with E-state index in [2.05, 4.69) is 24.4 Å². The predicted molar refractivity (Wildman–Crippen MR) is 74.4 cm³/mol. The van der Waals surface area contributed by atoms with Crippen LogP contribution in [-0.2, 0) is 11.2 Å². The molecule has 0 aliphatic heterocycles. The van der Waals surface area contributed by atoms with Gasteiger partial charge in [-0.3, -0.25) is 4.79 Å². The van der Waals surface area contributed by atoms with Gasteiger partial charge < -0.3 is 5.32 Å². The van der Waals surface area contributed by atoms with Crippen molar-refractivity contribution in [3.63, 3.8) is 0 Å². The molecule has 1 aliphatic carbocycles. The van der Waals surface area contributed by atoms with E-state index in [0.29, 0.717) is 12.0 Å². The first-order chi connectivity index (χ1) is 9.17. The Hall–Kier alpha value is -2.08. The average Bonchev–Trinajstić information content (AvgIpc) is 2.38. The molecule has 1 atom stereocenters. The van der Waals surface area contributed by atoms with Crippen LogP contribution in [0.4, 0.5) is 0 Å². The van der Waals surface area contributed by atoms with Gasteiger partial charge in [0.05, 0.1) is 18.1 Å². The third kappa shape index (κ3) is 3.96. The van der Waals surface area contributed by atoms with E-state index in [1.165, 1.54) is 5.57 Å². The van der Waals surface area contributed by atoms with Crippen molar-refractivity contribution in [2.75, 3.05) is 0 Å². The minimum Gasteiger partial charge on any atom is -0.350 e. The van der Waals surface area contributed by atoms with Crippen molar-refractivity contribution in [3.05, 3.63) is 47.0 Å². The van der Waals surface area contributed by atoms with E-state index in [4.69, 9.17) is 5.26 Å². The van der Waals surface area contributed by atoms with Crippen LogP contribution < -0.4 is 5.32 Å². The van der Waals surface area contributed by atoms with Crippen LogP contribution in [0, 0.1) is 11.3 Å². The molecule has 0 aromatic heterocycles. The van der Waals surface area contributed by atoms with Gasteiger partial charge in [-0.25, -0.2) is 0 Å². The molecule has 0 heterocycles. The molecule has 0 radical (unpaired) electrons. The predicted octanol–water partition coefficient (Wildman–Crippen LogP) is 2.72. The lowest BCUT2D eigenvalue weighted by Gasteiger charge is -2.20. The number of allylic oxidation sites excluding steroid dienone is 1. The second-order valence-electron chi connectivity index (χ2n) is 5.07. The van der Waals surface area contributed by atoms with E-state index in [9.17, 15) is 4.79 Å². The molecule has 3 nitrogen and oxygen atoms in total. The Labute approximate surface area is 113 Å². The van der Waals surface area contributed by atoms with Gasteiger partial charge in [-0.15, -0.1) is 0 Å². The lowest BCUT2D eigenvalue weighted by Crippen LogP contribution is -2.35. The second-order valence-corrected chi connectivity index (χ2v) is 5.07. The fourth-order valence-corrected chi connectivity index (χ4v) is 2.42. The highest BCUT2D eigenvalue weighted by atomic mass is 16.1. The summed E-state index contributed by atoms with van der Waals surface area (Å²) < 4.78 is 0. The molecule has 1 aromatic carbocycles. The van der Waals surface area contributed by atoms with Gasteiger partial charge in [-0.1, -0.05) is 23.8 Å². The van der Waals surface area contributed by atoms with Gasteiger partial charge in [-0.2, -0.15) is 5.26 Å². The number of nitrogens with one attached hydrogen (secondary N) is 1. The Kier molecular flexibility index (Phi) is 4.35. The van der Waals surface area contributed by atoms with Crippen molar-refractivity contribution in [2.45, 2.75) is 38.6 Å². The fraction of sp³-hybridized carbons (Fsp3) is 0.375. The molecule has 0 saturated heterocycles. The van der Waals surface area contributed by atoms with Crippen molar-refractivity contribution in [1.82, 2.24) is 5.32 Å². The molecule has 0 fully saturated rings. The van der Waals surface area contributed by atoms with Crippen LogP contribution in [-0.4, -0.2) is 11.9 Å². The molecule has 19 heavy (non-hydrogen) atoms. The number of carbonyl (C=O) groups excluding carboxylic acids is 1. The number of benzene rings is 1. The van der Waals surface area contributed by atoms with Crippen molar-refractivity contribution in [1.29, 1.82) is 5.26 Å². The number of nitriles is 1. The van der Waals surface area contributed by atoms with E-state index < -0.39 is 0 Å². The number of hydrogen-bond donors (Lipinski definition) is 1. The zero-order chi connectivity index (χ0) is 13.7. The summed E-state index contributed by atoms with van der Waals surface area (Å²) in [7, 11) is 0. The van der Waals surface area contributed by atoms with Crippen LogP contribution in [0.25, 0.3) is 0 Å². The maximum Gasteiger partial charge on any atom is 0.224 e. The number of hydrogen-bond acceptors (Lipinski definition) is 2. The van der Waals surface area contributed by atoms with Crippen LogP contribution >= 0.6 is 0 Å². The Balaban J connectivity index is 1.94. The van der Waals surface area contributed by atoms with E-state index in [-0.39, 0.29) is 11.9 Å². The summed E-state index contributed by atoms with van der Waals surface area (Å²) in [6, 6.07) is 9.45. The number of carbonyl (C=O) groups is 1. The minimum absolute atomic E-state index is 0.0195. The molecule has 1 unspecified atom stereocenters. The van der Waals surface area contributed by atoms with Crippen LogP contribution in [0.5, 0.6) is 0 Å². The van der Waals surface area contributed by atoms with Crippen molar-refractivity contribution in [2.24, 2.45) is 0 Å². The number of rotatable bonds is 3. The van der Waals surface area contributed by atoms with Crippen LogP contribution in [0.15, 0.2) is 35.9 Å². The van der Waals surface area contributed by atoms with Gasteiger partial charge in [-0.05, 0) is 43.9 Å². The van der Waals surface area contributed by atoms with Gasteiger partial charge in [0, 0.05) is 6.04 Å². The molecule has 0 saturated carbocycles. The normalized spacial score (nSPS) is 18.3. The molecule has 2 rings (SSSR count). The first-order valence-electron chi connectivity index (χ1n) is 6.63. The summed E-state index contributed by atoms with van der Waals surface area (Å²) >= 11 is 0. The van der Waals surface area contributed by atoms with Gasteiger partial charge in [0.2, 0.25) is 5.91 Å². The highest BCUT2D eigenvalue weighted by Gasteiger charge is 2.14. The standard InChI is InChI=1S/C16H18N2O/c1-12-4-2-7-15(8-12)18-16(19)10-13-5-3-6-14(9-13)11-17/h3,5-6,8-9,15H,2,4,7,10H2,1H3,(H,18,19). The average molecular weight is 254 g/mol. The summed E-state index contributed by atoms with van der Waals surface area (Å²) in [5, 5.41) is 11.9. The lowest BCUT2D eigenvalue weighted by molar-refractivity contribution is -0.120. The topological polar surface area (TPSA) is 52.9 Å². The molecule has 1 aromatic rings. The Morgan fingerprint density at radius 3 is 3.11 bits per heavy atom. The summed E-state index contributed by atoms with van der Waals surface area (Å²) in [4.78, 5) is 12.0. The molecule has 3 heteroatoms. The Bertz CT molecular complexity index is 540. The van der Waals surface area contributed by atoms with Gasteiger partial charge in [0.1, 0.15) is 0 Å². The highest BCUT2D eigenvalue weighted by Crippen LogP contribution is 2.17. The first kappa shape index (κ1) is 13.4. The maximum atomic E-state index is 12.0. The van der Waals surface area contributed by atoms with E-state index in [1.54, 1.807) is 12.1 Å². The molecule has 0 bridgehead atoms. The molecule has 98 valence electrons. The third-order valence-corrected chi connectivity index (χ3v) is 3.34. The monoisotopic (exact) mass is 254 g/mol. The van der Waals surface area contributed by atoms with Crippen LogP contribution in [0.2, 0.25) is 0 Å². The second kappa shape index (κ2) is 6.19. The number of amides is 1. The maximum absolute atomic E-state index is 12.0. The molecule has 0 spiro atoms. The largest absolute Gasteiger partial charge is 0.350 e. The van der Waals surface area contributed by atoms with Gasteiger partial charge in [0.15, 0.2) is 0 Å². The molecular weight excluding hydrogens is 236 g/mol. The smallest absolute Gasteiger partial charge is 0.224 e. The summed E-state index contributed by atoms with van der Waals surface area (Å²) in [6.07, 6.45) is 5.76. The summed E-state index contributed by atoms with van der Waals surface area (Å²) in [5.41, 5.74) is 2.83. The van der Waals surface area contributed by atoms with E-state index in [1.807, 2.05) is 12.1 Å². The van der Waals surface area contributed by atoms with Gasteiger partial charge in [0.25, 0.3) is 0 Å². The summed E-state index contributed by atoms with van der Waals surface area (Å²) in [6.45, 7) is 2.11. The van der Waals surface area contributed by atoms with Crippen molar-refractivity contribution in [3.8, 4) is 6.07 Å². The molecular formula is C16H18N2O. The quantitative estimate of drug-likeness (QED) is 0.843. The van der Waals surface area contributed by atoms with Crippen molar-refractivity contribution >= 4 is 5.91 Å². The molecule has 1 aliphatic rings. The van der Waals surface area contributed by atoms with Crippen LogP contribution in [0.3, 0.4) is 0 Å². The van der Waals surface area contributed by atoms with Crippen molar-refractivity contribution < 1.29 is 4.79 Å². The lowest BCUT2D eigenvalue weighted by atomic mass is 9.96. The SMILES string of the molecule is CC1=CC(NC(=O)Cc2cccc(C#N)c2)CCC1. The fourth-order valence-electron chi connectivity index (χ4n) is 2.42. The Morgan fingerprint density at radius 2 is 2.37 bits per heavy atom. The van der Waals surface area contributed by atoms with E-state index >= 15 is 0 Å². The number of nitrogens with zero attached hydrogens (tertiary/aromatic N) is 1. The first-order valence-corrected chi connectivity index (χ1v) is 6.63. The zero-order valence-electron chi connectivity index (χ0n) is 11.1.